The molecule has 100 valence electrons. The van der Waals surface area contributed by atoms with Crippen molar-refractivity contribution in [1.29, 1.82) is 0 Å². The van der Waals surface area contributed by atoms with Crippen LogP contribution < -0.4 is 0 Å². The Bertz CT molecular complexity index is 787. The maximum atomic E-state index is 11.2. The second-order valence-electron chi connectivity index (χ2n) is 4.91. The zero-order valence-corrected chi connectivity index (χ0v) is 11.2. The Balaban J connectivity index is 2.29. The third-order valence-corrected chi connectivity index (χ3v) is 3.56. The summed E-state index contributed by atoms with van der Waals surface area (Å²) < 4.78 is 0. The van der Waals surface area contributed by atoms with Gasteiger partial charge >= 0.3 is 5.97 Å². The Morgan fingerprint density at radius 3 is 2.55 bits per heavy atom. The standard InChI is InChI=1S/C17H15NO2/c1-11-6-2-3-7-12(11)17-14(10-16(19)20)13-8-4-5-9-15(13)18-17/h2-9,18H,10H2,1H3,(H,19,20). The van der Waals surface area contributed by atoms with Crippen molar-refractivity contribution in [3.8, 4) is 11.3 Å². The van der Waals surface area contributed by atoms with Crippen molar-refractivity contribution >= 4 is 16.9 Å². The number of para-hydroxylation sites is 1. The van der Waals surface area contributed by atoms with E-state index in [1.165, 1.54) is 0 Å². The van der Waals surface area contributed by atoms with Crippen LogP contribution in [0.2, 0.25) is 0 Å². The first-order valence-electron chi connectivity index (χ1n) is 6.54. The minimum absolute atomic E-state index is 0.0215. The highest BCUT2D eigenvalue weighted by atomic mass is 16.4. The molecule has 2 aromatic carbocycles. The second-order valence-corrected chi connectivity index (χ2v) is 4.91. The number of fused-ring (bicyclic) bond motifs is 1. The number of aliphatic carboxylic acids is 1. The molecule has 0 fully saturated rings. The molecule has 1 heterocycles. The number of benzene rings is 2. The third kappa shape index (κ3) is 2.07. The van der Waals surface area contributed by atoms with Crippen molar-refractivity contribution in [2.75, 3.05) is 0 Å². The molecule has 3 aromatic rings. The van der Waals surface area contributed by atoms with Gasteiger partial charge in [-0.15, -0.1) is 0 Å². The molecule has 0 bridgehead atoms. The maximum Gasteiger partial charge on any atom is 0.307 e. The summed E-state index contributed by atoms with van der Waals surface area (Å²) >= 11 is 0. The van der Waals surface area contributed by atoms with Gasteiger partial charge in [0.2, 0.25) is 0 Å². The van der Waals surface area contributed by atoms with E-state index < -0.39 is 5.97 Å². The van der Waals surface area contributed by atoms with E-state index in [4.69, 9.17) is 0 Å². The summed E-state index contributed by atoms with van der Waals surface area (Å²) in [6.07, 6.45) is 0.0215. The van der Waals surface area contributed by atoms with Crippen LogP contribution in [0.25, 0.3) is 22.2 Å². The lowest BCUT2D eigenvalue weighted by Crippen LogP contribution is -2.01. The van der Waals surface area contributed by atoms with Crippen molar-refractivity contribution in [1.82, 2.24) is 4.98 Å². The Kier molecular flexibility index (Phi) is 3.03. The fourth-order valence-corrected chi connectivity index (χ4v) is 2.62. The molecule has 3 heteroatoms. The van der Waals surface area contributed by atoms with E-state index in [9.17, 15) is 9.90 Å². The molecule has 0 unspecified atom stereocenters. The predicted octanol–water partition coefficient (Wildman–Crippen LogP) is 3.77. The maximum absolute atomic E-state index is 11.2. The van der Waals surface area contributed by atoms with Crippen LogP contribution in [0.15, 0.2) is 48.5 Å². The van der Waals surface area contributed by atoms with E-state index in [-0.39, 0.29) is 6.42 Å². The molecular weight excluding hydrogens is 250 g/mol. The summed E-state index contributed by atoms with van der Waals surface area (Å²) in [4.78, 5) is 14.5. The number of carboxylic acid groups (broad SMARTS) is 1. The molecule has 0 radical (unpaired) electrons. The van der Waals surface area contributed by atoms with Gasteiger partial charge in [0.15, 0.2) is 0 Å². The van der Waals surface area contributed by atoms with Crippen LogP contribution in [-0.2, 0) is 11.2 Å². The predicted molar refractivity (Wildman–Crippen MR) is 79.8 cm³/mol. The van der Waals surface area contributed by atoms with Crippen LogP contribution >= 0.6 is 0 Å². The van der Waals surface area contributed by atoms with Gasteiger partial charge < -0.3 is 10.1 Å². The molecule has 3 rings (SSSR count). The van der Waals surface area contributed by atoms with E-state index in [1.54, 1.807) is 0 Å². The number of hydrogen-bond donors (Lipinski definition) is 2. The normalized spacial score (nSPS) is 10.8. The average molecular weight is 265 g/mol. The fraction of sp³-hybridized carbons (Fsp3) is 0.118. The number of carboxylic acids is 1. The lowest BCUT2D eigenvalue weighted by Gasteiger charge is -2.06. The molecule has 2 N–H and O–H groups in total. The monoisotopic (exact) mass is 265 g/mol. The molecule has 0 saturated carbocycles. The van der Waals surface area contributed by atoms with Crippen molar-refractivity contribution in [2.24, 2.45) is 0 Å². The van der Waals surface area contributed by atoms with Crippen LogP contribution in [0, 0.1) is 6.92 Å². The molecule has 20 heavy (non-hydrogen) atoms. The second kappa shape index (κ2) is 4.85. The highest BCUT2D eigenvalue weighted by Crippen LogP contribution is 2.32. The first-order valence-corrected chi connectivity index (χ1v) is 6.54. The smallest absolute Gasteiger partial charge is 0.307 e. The van der Waals surface area contributed by atoms with Gasteiger partial charge in [-0.3, -0.25) is 4.79 Å². The van der Waals surface area contributed by atoms with Crippen molar-refractivity contribution in [3.63, 3.8) is 0 Å². The first-order chi connectivity index (χ1) is 9.66. The van der Waals surface area contributed by atoms with Gasteiger partial charge in [-0.2, -0.15) is 0 Å². The summed E-state index contributed by atoms with van der Waals surface area (Å²) in [6.45, 7) is 2.03. The molecule has 0 atom stereocenters. The number of aromatic amines is 1. The van der Waals surface area contributed by atoms with Gasteiger partial charge in [-0.05, 0) is 24.1 Å². The Hall–Kier alpha value is -2.55. The molecule has 0 aliphatic carbocycles. The number of aromatic nitrogens is 1. The Morgan fingerprint density at radius 2 is 1.80 bits per heavy atom. The van der Waals surface area contributed by atoms with Crippen LogP contribution in [0.1, 0.15) is 11.1 Å². The highest BCUT2D eigenvalue weighted by Gasteiger charge is 2.16. The van der Waals surface area contributed by atoms with E-state index in [0.29, 0.717) is 0 Å². The minimum atomic E-state index is -0.815. The molecule has 0 aliphatic rings. The quantitative estimate of drug-likeness (QED) is 0.757. The summed E-state index contributed by atoms with van der Waals surface area (Å²) in [5, 5.41) is 10.2. The average Bonchev–Trinajstić information content (AvgIpc) is 2.78. The number of H-pyrrole nitrogens is 1. The van der Waals surface area contributed by atoms with E-state index in [0.717, 1.165) is 33.3 Å². The Labute approximate surface area is 116 Å². The van der Waals surface area contributed by atoms with Gasteiger partial charge in [-0.1, -0.05) is 42.5 Å². The topological polar surface area (TPSA) is 53.1 Å². The molecule has 0 spiro atoms. The van der Waals surface area contributed by atoms with Crippen molar-refractivity contribution < 1.29 is 9.90 Å². The van der Waals surface area contributed by atoms with Crippen molar-refractivity contribution in [2.45, 2.75) is 13.3 Å². The SMILES string of the molecule is Cc1ccccc1-c1[nH]c2ccccc2c1CC(=O)O. The Morgan fingerprint density at radius 1 is 1.10 bits per heavy atom. The van der Waals surface area contributed by atoms with E-state index >= 15 is 0 Å². The number of aryl methyl sites for hydroxylation is 1. The summed E-state index contributed by atoms with van der Waals surface area (Å²) in [6, 6.07) is 15.8. The number of nitrogens with one attached hydrogen (secondary N) is 1. The van der Waals surface area contributed by atoms with Gasteiger partial charge in [-0.25, -0.2) is 0 Å². The zero-order chi connectivity index (χ0) is 14.1. The first kappa shape index (κ1) is 12.5. The molecule has 3 nitrogen and oxygen atoms in total. The number of rotatable bonds is 3. The van der Waals surface area contributed by atoms with Crippen LogP contribution in [-0.4, -0.2) is 16.1 Å². The molecule has 1 aromatic heterocycles. The van der Waals surface area contributed by atoms with E-state index in [1.807, 2.05) is 55.5 Å². The minimum Gasteiger partial charge on any atom is -0.481 e. The van der Waals surface area contributed by atoms with Crippen LogP contribution in [0.5, 0.6) is 0 Å². The zero-order valence-electron chi connectivity index (χ0n) is 11.2. The van der Waals surface area contributed by atoms with Gasteiger partial charge in [0, 0.05) is 16.5 Å². The lowest BCUT2D eigenvalue weighted by atomic mass is 9.99. The number of carbonyl (C=O) groups is 1. The van der Waals surface area contributed by atoms with Crippen LogP contribution in [0.3, 0.4) is 0 Å². The van der Waals surface area contributed by atoms with Crippen LogP contribution in [0.4, 0.5) is 0 Å². The molecular formula is C17H15NO2. The van der Waals surface area contributed by atoms with Gasteiger partial charge in [0.1, 0.15) is 0 Å². The fourth-order valence-electron chi connectivity index (χ4n) is 2.62. The lowest BCUT2D eigenvalue weighted by molar-refractivity contribution is -0.136. The van der Waals surface area contributed by atoms with Gasteiger partial charge in [0.05, 0.1) is 12.1 Å². The van der Waals surface area contributed by atoms with Crippen molar-refractivity contribution in [3.05, 3.63) is 59.7 Å². The summed E-state index contributed by atoms with van der Waals surface area (Å²) in [5.74, 6) is -0.815. The molecule has 0 aliphatic heterocycles. The third-order valence-electron chi connectivity index (χ3n) is 3.56. The highest BCUT2D eigenvalue weighted by molar-refractivity contribution is 5.94. The summed E-state index contributed by atoms with van der Waals surface area (Å²) in [7, 11) is 0. The number of hydrogen-bond acceptors (Lipinski definition) is 1. The van der Waals surface area contributed by atoms with E-state index in [2.05, 4.69) is 4.98 Å². The molecule has 0 amide bonds. The summed E-state index contributed by atoms with van der Waals surface area (Å²) in [5.41, 5.74) is 4.92. The largest absolute Gasteiger partial charge is 0.481 e. The molecule has 0 saturated heterocycles. The van der Waals surface area contributed by atoms with Gasteiger partial charge in [0.25, 0.3) is 0 Å².